The zero-order valence-corrected chi connectivity index (χ0v) is 20.4. The van der Waals surface area contributed by atoms with E-state index in [2.05, 4.69) is 5.10 Å². The second-order valence-corrected chi connectivity index (χ2v) is 9.28. The standard InChI is InChI=1S/C26H25N5O3S/c1-28-16-20(23-21(17-28)26(34)31(27-23)18-8-4-3-5-9-18)25(33)30-14-12-29(13-15-30)24(32)19-10-6-7-11-22(19)35-2/h3-11,16-17H,12-15H2,1-2H3. The average molecular weight is 488 g/mol. The lowest BCUT2D eigenvalue weighted by molar-refractivity contribution is 0.0533. The summed E-state index contributed by atoms with van der Waals surface area (Å²) < 4.78 is 3.05. The largest absolute Gasteiger partial charge is 0.356 e. The normalized spacial score (nSPS) is 13.9. The monoisotopic (exact) mass is 487 g/mol. The van der Waals surface area contributed by atoms with Crippen molar-refractivity contribution in [2.45, 2.75) is 4.90 Å². The third kappa shape index (κ3) is 4.23. The smallest absolute Gasteiger partial charge is 0.282 e. The van der Waals surface area contributed by atoms with Crippen LogP contribution < -0.4 is 5.56 Å². The van der Waals surface area contributed by atoms with Crippen molar-refractivity contribution in [1.82, 2.24) is 24.1 Å². The third-order valence-electron chi connectivity index (χ3n) is 6.22. The first-order chi connectivity index (χ1) is 17.0. The molecule has 8 nitrogen and oxygen atoms in total. The second kappa shape index (κ2) is 9.42. The lowest BCUT2D eigenvalue weighted by atomic mass is 10.1. The molecule has 5 rings (SSSR count). The van der Waals surface area contributed by atoms with Crippen LogP contribution in [-0.2, 0) is 7.05 Å². The topological polar surface area (TPSA) is 80.4 Å². The number of hydrogen-bond donors (Lipinski definition) is 0. The number of aryl methyl sites for hydroxylation is 1. The maximum absolute atomic E-state index is 13.5. The first kappa shape index (κ1) is 22.9. The molecule has 0 spiro atoms. The van der Waals surface area contributed by atoms with E-state index in [1.54, 1.807) is 57.7 Å². The van der Waals surface area contributed by atoms with Crippen molar-refractivity contribution in [2.24, 2.45) is 7.05 Å². The van der Waals surface area contributed by atoms with Crippen molar-refractivity contribution in [3.8, 4) is 16.9 Å². The van der Waals surface area contributed by atoms with E-state index in [0.29, 0.717) is 54.3 Å². The molecule has 3 heterocycles. The molecule has 9 heteroatoms. The minimum Gasteiger partial charge on any atom is -0.356 e. The summed E-state index contributed by atoms with van der Waals surface area (Å²) in [4.78, 5) is 44.1. The van der Waals surface area contributed by atoms with Gasteiger partial charge in [-0.05, 0) is 30.5 Å². The summed E-state index contributed by atoms with van der Waals surface area (Å²) >= 11 is 1.55. The van der Waals surface area contributed by atoms with E-state index in [1.165, 1.54) is 4.68 Å². The number of piperazine rings is 1. The van der Waals surface area contributed by atoms with E-state index in [-0.39, 0.29) is 17.4 Å². The highest BCUT2D eigenvalue weighted by molar-refractivity contribution is 7.98. The second-order valence-electron chi connectivity index (χ2n) is 8.44. The molecule has 1 fully saturated rings. The maximum Gasteiger partial charge on any atom is 0.282 e. The van der Waals surface area contributed by atoms with Gasteiger partial charge in [0.05, 0.1) is 22.4 Å². The van der Waals surface area contributed by atoms with Crippen LogP contribution in [0.25, 0.3) is 16.9 Å². The van der Waals surface area contributed by atoms with Crippen LogP contribution in [-0.4, -0.2) is 68.4 Å². The van der Waals surface area contributed by atoms with E-state index >= 15 is 0 Å². The van der Waals surface area contributed by atoms with Crippen molar-refractivity contribution in [3.05, 3.63) is 88.5 Å². The van der Waals surface area contributed by atoms with Gasteiger partial charge >= 0.3 is 0 Å². The number of thioether (sulfide) groups is 1. The number of hydrogen-bond acceptors (Lipinski definition) is 5. The number of para-hydroxylation sites is 1. The van der Waals surface area contributed by atoms with Gasteiger partial charge in [-0.2, -0.15) is 9.78 Å². The molecule has 2 aromatic rings. The molecule has 1 saturated heterocycles. The SMILES string of the molecule is CSc1ccccc1C(=O)N1CCN(C(=O)c2cn(C)cc3c(=O)n(-c4ccccc4)nc2-3)CC1. The fourth-order valence-electron chi connectivity index (χ4n) is 4.41. The van der Waals surface area contributed by atoms with Gasteiger partial charge in [0.2, 0.25) is 0 Å². The highest BCUT2D eigenvalue weighted by Crippen LogP contribution is 2.25. The number of amides is 2. The molecule has 0 radical (unpaired) electrons. The Kier molecular flexibility index (Phi) is 6.17. The number of aromatic nitrogens is 3. The van der Waals surface area contributed by atoms with E-state index in [9.17, 15) is 14.4 Å². The Hall–Kier alpha value is -3.85. The van der Waals surface area contributed by atoms with Crippen LogP contribution in [0, 0.1) is 0 Å². The summed E-state index contributed by atoms with van der Waals surface area (Å²) in [5, 5.41) is 4.52. The molecule has 3 aliphatic heterocycles. The molecular weight excluding hydrogens is 462 g/mol. The van der Waals surface area contributed by atoms with Gasteiger partial charge in [0.1, 0.15) is 5.69 Å². The van der Waals surface area contributed by atoms with Crippen molar-refractivity contribution in [1.29, 1.82) is 0 Å². The van der Waals surface area contributed by atoms with Crippen LogP contribution in [0.3, 0.4) is 0 Å². The summed E-state index contributed by atoms with van der Waals surface area (Å²) in [6, 6.07) is 16.7. The molecule has 0 aromatic heterocycles. The van der Waals surface area contributed by atoms with Gasteiger partial charge in [-0.3, -0.25) is 14.4 Å². The average Bonchev–Trinajstić information content (AvgIpc) is 3.24. The molecule has 0 bridgehead atoms. The van der Waals surface area contributed by atoms with Crippen molar-refractivity contribution < 1.29 is 9.59 Å². The summed E-state index contributed by atoms with van der Waals surface area (Å²) in [5.74, 6) is -0.214. The van der Waals surface area contributed by atoms with Gasteiger partial charge in [-0.25, -0.2) is 0 Å². The zero-order chi connectivity index (χ0) is 24.5. The number of carbonyl (C=O) groups is 2. The van der Waals surface area contributed by atoms with E-state index in [4.69, 9.17) is 0 Å². The Labute approximate surface area is 207 Å². The number of rotatable bonds is 4. The third-order valence-corrected chi connectivity index (χ3v) is 7.02. The number of pyridine rings is 1. The van der Waals surface area contributed by atoms with Crippen molar-refractivity contribution >= 4 is 23.6 Å². The minimum absolute atomic E-state index is 0.0202. The molecule has 0 N–H and O–H groups in total. The first-order valence-corrected chi connectivity index (χ1v) is 12.6. The van der Waals surface area contributed by atoms with Gasteiger partial charge in [-0.1, -0.05) is 30.3 Å². The van der Waals surface area contributed by atoms with Crippen molar-refractivity contribution in [2.75, 3.05) is 32.4 Å². The molecule has 3 aliphatic rings. The Balaban J connectivity index is 1.38. The maximum atomic E-state index is 13.5. The summed E-state index contributed by atoms with van der Waals surface area (Å²) in [7, 11) is 1.79. The van der Waals surface area contributed by atoms with E-state index < -0.39 is 0 Å². The zero-order valence-electron chi connectivity index (χ0n) is 19.5. The van der Waals surface area contributed by atoms with Gasteiger partial charge in [0.15, 0.2) is 0 Å². The van der Waals surface area contributed by atoms with E-state index in [1.807, 2.05) is 48.7 Å². The van der Waals surface area contributed by atoms with Crippen LogP contribution in [0.4, 0.5) is 0 Å². The summed E-state index contributed by atoms with van der Waals surface area (Å²) in [6.45, 7) is 1.72. The van der Waals surface area contributed by atoms with Gasteiger partial charge < -0.3 is 14.4 Å². The highest BCUT2D eigenvalue weighted by atomic mass is 32.2. The number of carbonyl (C=O) groups excluding carboxylic acids is 2. The molecule has 178 valence electrons. The molecule has 0 atom stereocenters. The molecule has 2 aromatic carbocycles. The molecular formula is C26H25N5O3S. The lowest BCUT2D eigenvalue weighted by Gasteiger charge is -2.35. The Morgan fingerprint density at radius 3 is 2.09 bits per heavy atom. The molecule has 0 unspecified atom stereocenters. The van der Waals surface area contributed by atoms with Crippen LogP contribution >= 0.6 is 11.8 Å². The Bertz CT molecular complexity index is 1420. The van der Waals surface area contributed by atoms with Crippen LogP contribution in [0.5, 0.6) is 0 Å². The first-order valence-electron chi connectivity index (χ1n) is 11.3. The van der Waals surface area contributed by atoms with Crippen LogP contribution in [0.2, 0.25) is 0 Å². The highest BCUT2D eigenvalue weighted by Gasteiger charge is 2.30. The summed E-state index contributed by atoms with van der Waals surface area (Å²) in [6.07, 6.45) is 5.36. The Morgan fingerprint density at radius 1 is 0.829 bits per heavy atom. The molecule has 2 amide bonds. The molecule has 0 aliphatic carbocycles. The predicted octanol–water partition coefficient (Wildman–Crippen LogP) is 3.00. The number of fused-ring (bicyclic) bond motifs is 1. The van der Waals surface area contributed by atoms with Crippen molar-refractivity contribution in [3.63, 3.8) is 0 Å². The van der Waals surface area contributed by atoms with Crippen LogP contribution in [0.1, 0.15) is 20.7 Å². The van der Waals surface area contributed by atoms with Crippen LogP contribution in [0.15, 0.2) is 76.7 Å². The predicted molar refractivity (Wildman–Crippen MR) is 135 cm³/mol. The van der Waals surface area contributed by atoms with Gasteiger partial charge in [0, 0.05) is 50.5 Å². The van der Waals surface area contributed by atoms with E-state index in [0.717, 1.165) is 4.90 Å². The lowest BCUT2D eigenvalue weighted by Crippen LogP contribution is -2.50. The van der Waals surface area contributed by atoms with Gasteiger partial charge in [0.25, 0.3) is 17.4 Å². The van der Waals surface area contributed by atoms with Gasteiger partial charge in [-0.15, -0.1) is 11.8 Å². The molecule has 35 heavy (non-hydrogen) atoms. The minimum atomic E-state index is -0.265. The fourth-order valence-corrected chi connectivity index (χ4v) is 5.00. The summed E-state index contributed by atoms with van der Waals surface area (Å²) in [5.41, 5.74) is 2.22. The fraction of sp³-hybridized carbons (Fsp3) is 0.231. The number of benzene rings is 2. The quantitative estimate of drug-likeness (QED) is 0.414. The number of nitrogens with zero attached hydrogens (tertiary/aromatic N) is 5. The molecule has 0 saturated carbocycles. The Morgan fingerprint density at radius 2 is 1.43 bits per heavy atom.